The first-order valence-corrected chi connectivity index (χ1v) is 8.62. The standard InChI is InChI=1S/C19H24FN3O2/c1-10(2)16-15(19(24)25-5)14-7-12(4)9-23(14)18(22-16)17-13(20)6-11(3)8-21-17/h6,8,10,12,16H,7,9H2,1-5H3/t12-,16-/m0/s1. The maximum absolute atomic E-state index is 14.6. The van der Waals surface area contributed by atoms with Gasteiger partial charge in [-0.05, 0) is 36.8 Å². The number of aliphatic imine (C=N–C) groups is 1. The maximum atomic E-state index is 14.6. The third-order valence-corrected chi connectivity index (χ3v) is 4.71. The highest BCUT2D eigenvalue weighted by molar-refractivity contribution is 6.03. The molecule has 0 amide bonds. The van der Waals surface area contributed by atoms with E-state index in [1.165, 1.54) is 13.2 Å². The van der Waals surface area contributed by atoms with Crippen LogP contribution in [-0.4, -0.2) is 41.4 Å². The van der Waals surface area contributed by atoms with Gasteiger partial charge in [0.1, 0.15) is 5.69 Å². The smallest absolute Gasteiger partial charge is 0.337 e. The third kappa shape index (κ3) is 3.05. The number of allylic oxidation sites excluding steroid dienone is 1. The van der Waals surface area contributed by atoms with Gasteiger partial charge in [-0.2, -0.15) is 0 Å². The molecule has 0 bridgehead atoms. The number of ether oxygens (including phenoxy) is 1. The predicted octanol–water partition coefficient (Wildman–Crippen LogP) is 3.08. The summed E-state index contributed by atoms with van der Waals surface area (Å²) in [5.74, 6) is 0.209. The molecule has 3 heterocycles. The lowest BCUT2D eigenvalue weighted by molar-refractivity contribution is -0.136. The quantitative estimate of drug-likeness (QED) is 0.790. The zero-order valence-electron chi connectivity index (χ0n) is 15.3. The lowest BCUT2D eigenvalue weighted by Gasteiger charge is -2.33. The van der Waals surface area contributed by atoms with E-state index in [0.29, 0.717) is 23.9 Å². The molecular formula is C19H24FN3O2. The lowest BCUT2D eigenvalue weighted by Crippen LogP contribution is -2.40. The van der Waals surface area contributed by atoms with E-state index in [1.54, 1.807) is 13.1 Å². The molecule has 2 aliphatic heterocycles. The van der Waals surface area contributed by atoms with Gasteiger partial charge in [0.2, 0.25) is 0 Å². The van der Waals surface area contributed by atoms with Crippen LogP contribution in [-0.2, 0) is 9.53 Å². The summed E-state index contributed by atoms with van der Waals surface area (Å²) in [5, 5.41) is 0. The van der Waals surface area contributed by atoms with Crippen molar-refractivity contribution in [1.29, 1.82) is 0 Å². The maximum Gasteiger partial charge on any atom is 0.337 e. The van der Waals surface area contributed by atoms with Crippen molar-refractivity contribution in [2.45, 2.75) is 40.2 Å². The van der Waals surface area contributed by atoms with Gasteiger partial charge in [0.15, 0.2) is 11.7 Å². The van der Waals surface area contributed by atoms with Crippen molar-refractivity contribution in [2.75, 3.05) is 13.7 Å². The monoisotopic (exact) mass is 345 g/mol. The first kappa shape index (κ1) is 17.6. The Hall–Kier alpha value is -2.24. The van der Waals surface area contributed by atoms with E-state index in [4.69, 9.17) is 9.73 Å². The molecule has 25 heavy (non-hydrogen) atoms. The number of pyridine rings is 1. The van der Waals surface area contributed by atoms with E-state index in [0.717, 1.165) is 17.7 Å². The second kappa shape index (κ2) is 6.58. The summed E-state index contributed by atoms with van der Waals surface area (Å²) in [5.41, 5.74) is 2.49. The number of aryl methyl sites for hydroxylation is 1. The Labute approximate surface area is 147 Å². The van der Waals surface area contributed by atoms with Crippen LogP contribution in [0.15, 0.2) is 28.5 Å². The molecule has 1 aromatic heterocycles. The number of carbonyl (C=O) groups is 1. The molecule has 5 nitrogen and oxygen atoms in total. The van der Waals surface area contributed by atoms with Crippen LogP contribution in [0, 0.1) is 24.6 Å². The fourth-order valence-electron chi connectivity index (χ4n) is 3.55. The van der Waals surface area contributed by atoms with Crippen LogP contribution in [0.5, 0.6) is 0 Å². The van der Waals surface area contributed by atoms with Gasteiger partial charge in [0.05, 0.1) is 18.7 Å². The summed E-state index contributed by atoms with van der Waals surface area (Å²) in [6, 6.07) is 1.11. The Morgan fingerprint density at radius 2 is 2.16 bits per heavy atom. The number of methoxy groups -OCH3 is 1. The van der Waals surface area contributed by atoms with Crippen molar-refractivity contribution in [3.8, 4) is 0 Å². The van der Waals surface area contributed by atoms with Crippen LogP contribution in [0.3, 0.4) is 0 Å². The Balaban J connectivity index is 2.16. The van der Waals surface area contributed by atoms with E-state index in [9.17, 15) is 9.18 Å². The Morgan fingerprint density at radius 3 is 2.76 bits per heavy atom. The molecule has 0 N–H and O–H groups in total. The first-order valence-electron chi connectivity index (χ1n) is 8.62. The number of hydrogen-bond donors (Lipinski definition) is 0. The fourth-order valence-corrected chi connectivity index (χ4v) is 3.55. The summed E-state index contributed by atoms with van der Waals surface area (Å²) < 4.78 is 19.6. The molecule has 0 saturated carbocycles. The highest BCUT2D eigenvalue weighted by Crippen LogP contribution is 2.38. The van der Waals surface area contributed by atoms with Gasteiger partial charge in [-0.25, -0.2) is 14.2 Å². The van der Waals surface area contributed by atoms with Crippen molar-refractivity contribution in [2.24, 2.45) is 16.8 Å². The normalized spacial score (nSPS) is 23.0. The van der Waals surface area contributed by atoms with Crippen molar-refractivity contribution in [3.63, 3.8) is 0 Å². The van der Waals surface area contributed by atoms with Gasteiger partial charge in [0.25, 0.3) is 0 Å². The van der Waals surface area contributed by atoms with Gasteiger partial charge in [0, 0.05) is 18.4 Å². The summed E-state index contributed by atoms with van der Waals surface area (Å²) >= 11 is 0. The summed E-state index contributed by atoms with van der Waals surface area (Å²) in [4.78, 5) is 23.4. The third-order valence-electron chi connectivity index (χ3n) is 4.71. The van der Waals surface area contributed by atoms with Crippen molar-refractivity contribution < 1.29 is 13.9 Å². The number of hydrogen-bond acceptors (Lipinski definition) is 5. The molecule has 0 spiro atoms. The topological polar surface area (TPSA) is 54.8 Å². The molecule has 1 aromatic rings. The molecule has 0 aromatic carbocycles. The van der Waals surface area contributed by atoms with Gasteiger partial charge < -0.3 is 9.64 Å². The largest absolute Gasteiger partial charge is 0.466 e. The molecule has 134 valence electrons. The van der Waals surface area contributed by atoms with E-state index >= 15 is 0 Å². The summed E-state index contributed by atoms with van der Waals surface area (Å²) in [6.07, 6.45) is 2.39. The van der Waals surface area contributed by atoms with E-state index in [2.05, 4.69) is 11.9 Å². The van der Waals surface area contributed by atoms with Crippen molar-refractivity contribution in [3.05, 3.63) is 40.6 Å². The molecule has 2 aliphatic rings. The van der Waals surface area contributed by atoms with Crippen LogP contribution in [0.2, 0.25) is 0 Å². The Bertz CT molecular complexity index is 770. The summed E-state index contributed by atoms with van der Waals surface area (Å²) in [7, 11) is 1.39. The average Bonchev–Trinajstić information content (AvgIpc) is 2.94. The number of rotatable bonds is 3. The molecule has 1 saturated heterocycles. The Morgan fingerprint density at radius 1 is 1.44 bits per heavy atom. The van der Waals surface area contributed by atoms with Crippen LogP contribution < -0.4 is 0 Å². The van der Waals surface area contributed by atoms with E-state index in [-0.39, 0.29) is 29.4 Å². The molecule has 0 radical (unpaired) electrons. The number of carbonyl (C=O) groups excluding carboxylic acids is 1. The fraction of sp³-hybridized carbons (Fsp3) is 0.526. The summed E-state index contributed by atoms with van der Waals surface area (Å²) in [6.45, 7) is 8.61. The zero-order valence-corrected chi connectivity index (χ0v) is 15.3. The van der Waals surface area contributed by atoms with Crippen molar-refractivity contribution >= 4 is 11.8 Å². The average molecular weight is 345 g/mol. The lowest BCUT2D eigenvalue weighted by atomic mass is 9.91. The number of nitrogens with zero attached hydrogens (tertiary/aromatic N) is 3. The molecule has 0 aliphatic carbocycles. The number of halogens is 1. The van der Waals surface area contributed by atoms with Gasteiger partial charge in [-0.3, -0.25) is 4.99 Å². The number of amidine groups is 1. The van der Waals surface area contributed by atoms with Gasteiger partial charge >= 0.3 is 5.97 Å². The second-order valence-corrected chi connectivity index (χ2v) is 7.26. The number of fused-ring (bicyclic) bond motifs is 1. The van der Waals surface area contributed by atoms with Gasteiger partial charge in [-0.15, -0.1) is 0 Å². The molecular weight excluding hydrogens is 321 g/mol. The van der Waals surface area contributed by atoms with Crippen LogP contribution >= 0.6 is 0 Å². The second-order valence-electron chi connectivity index (χ2n) is 7.26. The predicted molar refractivity (Wildman–Crippen MR) is 93.6 cm³/mol. The van der Waals surface area contributed by atoms with Crippen LogP contribution in [0.1, 0.15) is 38.4 Å². The molecule has 1 fully saturated rings. The Kier molecular flexibility index (Phi) is 4.62. The van der Waals surface area contributed by atoms with Gasteiger partial charge in [-0.1, -0.05) is 20.8 Å². The molecule has 0 unspecified atom stereocenters. The highest BCUT2D eigenvalue weighted by atomic mass is 19.1. The molecule has 3 rings (SSSR count). The highest BCUT2D eigenvalue weighted by Gasteiger charge is 2.41. The minimum Gasteiger partial charge on any atom is -0.466 e. The van der Waals surface area contributed by atoms with Crippen molar-refractivity contribution in [1.82, 2.24) is 9.88 Å². The van der Waals surface area contributed by atoms with E-state index in [1.807, 2.05) is 18.7 Å². The van der Waals surface area contributed by atoms with Crippen LogP contribution in [0.25, 0.3) is 0 Å². The van der Waals surface area contributed by atoms with Crippen LogP contribution in [0.4, 0.5) is 4.39 Å². The first-order chi connectivity index (χ1) is 11.8. The number of aromatic nitrogens is 1. The zero-order chi connectivity index (χ0) is 18.3. The SMILES string of the molecule is COC(=O)C1=C2C[C@H](C)CN2C(c2ncc(C)cc2F)=N[C@H]1C(C)C. The molecule has 2 atom stereocenters. The van der Waals surface area contributed by atoms with E-state index < -0.39 is 0 Å². The minimum atomic E-state index is -0.387. The minimum absolute atomic E-state index is 0.0863. The molecule has 6 heteroatoms. The number of esters is 1.